The molecule has 1 unspecified atom stereocenters. The Labute approximate surface area is 146 Å². The zero-order valence-electron chi connectivity index (χ0n) is 15.0. The summed E-state index contributed by atoms with van der Waals surface area (Å²) in [5.41, 5.74) is 3.78. The van der Waals surface area contributed by atoms with Gasteiger partial charge in [-0.15, -0.1) is 6.58 Å². The van der Waals surface area contributed by atoms with E-state index in [0.29, 0.717) is 12.5 Å². The van der Waals surface area contributed by atoms with E-state index in [1.54, 1.807) is 7.11 Å². The van der Waals surface area contributed by atoms with Crippen LogP contribution >= 0.6 is 0 Å². The van der Waals surface area contributed by atoms with Gasteiger partial charge in [-0.3, -0.25) is 0 Å². The van der Waals surface area contributed by atoms with E-state index in [9.17, 15) is 0 Å². The molecule has 2 nitrogen and oxygen atoms in total. The first-order chi connectivity index (χ1) is 11.7. The van der Waals surface area contributed by atoms with E-state index in [2.05, 4.69) is 56.8 Å². The van der Waals surface area contributed by atoms with Crippen LogP contribution in [0, 0.1) is 0 Å². The lowest BCUT2D eigenvalue weighted by molar-refractivity contribution is 0.284. The van der Waals surface area contributed by atoms with Gasteiger partial charge in [0.15, 0.2) is 11.5 Å². The van der Waals surface area contributed by atoms with Crippen molar-refractivity contribution in [3.05, 3.63) is 71.8 Å². The van der Waals surface area contributed by atoms with E-state index in [1.165, 1.54) is 11.1 Å². The zero-order chi connectivity index (χ0) is 17.4. The molecule has 0 spiro atoms. The van der Waals surface area contributed by atoms with Gasteiger partial charge in [-0.2, -0.15) is 0 Å². The lowest BCUT2D eigenvalue weighted by atomic mass is 9.93. The van der Waals surface area contributed by atoms with Crippen LogP contribution in [0.1, 0.15) is 49.3 Å². The van der Waals surface area contributed by atoms with Gasteiger partial charge in [0.2, 0.25) is 0 Å². The van der Waals surface area contributed by atoms with Gasteiger partial charge in [-0.1, -0.05) is 50.3 Å². The Bertz CT molecular complexity index is 644. The van der Waals surface area contributed by atoms with Gasteiger partial charge in [0.1, 0.15) is 6.61 Å². The number of hydrogen-bond donors (Lipinski definition) is 0. The van der Waals surface area contributed by atoms with Crippen molar-refractivity contribution in [3.8, 4) is 11.5 Å². The van der Waals surface area contributed by atoms with Crippen molar-refractivity contribution in [1.29, 1.82) is 0 Å². The number of rotatable bonds is 9. The predicted octanol–water partition coefficient (Wildman–Crippen LogP) is 5.91. The first-order valence-electron chi connectivity index (χ1n) is 8.71. The standard InChI is InChI=1S/C22H28O2/c1-5-8-19(7-3)20-13-14-21(22(15-20)23-4)24-16-18-11-9-17(6-2)10-12-18/h5,9-15,19H,1,6-8,16H2,2-4H3. The molecule has 128 valence electrons. The fourth-order valence-corrected chi connectivity index (χ4v) is 2.83. The van der Waals surface area contributed by atoms with Crippen molar-refractivity contribution in [3.63, 3.8) is 0 Å². The molecule has 0 aromatic heterocycles. The number of aryl methyl sites for hydroxylation is 1. The first-order valence-corrected chi connectivity index (χ1v) is 8.71. The van der Waals surface area contributed by atoms with Crippen molar-refractivity contribution in [1.82, 2.24) is 0 Å². The van der Waals surface area contributed by atoms with Crippen LogP contribution in [0.15, 0.2) is 55.1 Å². The van der Waals surface area contributed by atoms with Crippen LogP contribution in [0.4, 0.5) is 0 Å². The molecule has 0 saturated heterocycles. The van der Waals surface area contributed by atoms with E-state index < -0.39 is 0 Å². The predicted molar refractivity (Wildman–Crippen MR) is 101 cm³/mol. The molecule has 2 aromatic rings. The number of methoxy groups -OCH3 is 1. The summed E-state index contributed by atoms with van der Waals surface area (Å²) in [5, 5.41) is 0. The van der Waals surface area contributed by atoms with Gasteiger partial charge < -0.3 is 9.47 Å². The van der Waals surface area contributed by atoms with E-state index in [4.69, 9.17) is 9.47 Å². The molecule has 2 aromatic carbocycles. The maximum Gasteiger partial charge on any atom is 0.161 e. The van der Waals surface area contributed by atoms with Crippen LogP contribution in [-0.2, 0) is 13.0 Å². The summed E-state index contributed by atoms with van der Waals surface area (Å²) in [4.78, 5) is 0. The molecule has 2 heteroatoms. The lowest BCUT2D eigenvalue weighted by Crippen LogP contribution is -2.01. The second kappa shape index (κ2) is 9.17. The van der Waals surface area contributed by atoms with E-state index in [0.717, 1.165) is 36.3 Å². The summed E-state index contributed by atoms with van der Waals surface area (Å²) in [5.74, 6) is 2.06. The molecule has 0 radical (unpaired) electrons. The summed E-state index contributed by atoms with van der Waals surface area (Å²) >= 11 is 0. The number of benzene rings is 2. The molecule has 0 amide bonds. The summed E-state index contributed by atoms with van der Waals surface area (Å²) in [6.45, 7) is 8.76. The number of hydrogen-bond acceptors (Lipinski definition) is 2. The molecular weight excluding hydrogens is 296 g/mol. The second-order valence-corrected chi connectivity index (χ2v) is 6.00. The SMILES string of the molecule is C=CCC(CC)c1ccc(OCc2ccc(CC)cc2)c(OC)c1. The van der Waals surface area contributed by atoms with E-state index >= 15 is 0 Å². The minimum Gasteiger partial charge on any atom is -0.493 e. The summed E-state index contributed by atoms with van der Waals surface area (Å²) in [6, 6.07) is 14.8. The van der Waals surface area contributed by atoms with Crippen LogP contribution in [0.3, 0.4) is 0 Å². The Kier molecular flexibility index (Phi) is 6.92. The highest BCUT2D eigenvalue weighted by molar-refractivity contribution is 5.44. The lowest BCUT2D eigenvalue weighted by Gasteiger charge is -2.17. The van der Waals surface area contributed by atoms with Gasteiger partial charge >= 0.3 is 0 Å². The molecule has 2 rings (SSSR count). The molecule has 0 bridgehead atoms. The third-order valence-corrected chi connectivity index (χ3v) is 4.43. The van der Waals surface area contributed by atoms with Crippen LogP contribution < -0.4 is 9.47 Å². The Morgan fingerprint density at radius 2 is 1.71 bits per heavy atom. The molecule has 0 N–H and O–H groups in total. The molecule has 0 aliphatic carbocycles. The van der Waals surface area contributed by atoms with E-state index in [1.807, 2.05) is 12.1 Å². The molecule has 0 saturated carbocycles. The second-order valence-electron chi connectivity index (χ2n) is 6.00. The highest BCUT2D eigenvalue weighted by Gasteiger charge is 2.12. The van der Waals surface area contributed by atoms with Crippen LogP contribution in [0.2, 0.25) is 0 Å². The number of ether oxygens (including phenoxy) is 2. The molecule has 0 aliphatic heterocycles. The summed E-state index contributed by atoms with van der Waals surface area (Å²) in [6.07, 6.45) is 5.09. The van der Waals surface area contributed by atoms with Crippen molar-refractivity contribution in [2.45, 2.75) is 45.6 Å². The highest BCUT2D eigenvalue weighted by Crippen LogP contribution is 2.33. The molecule has 1 atom stereocenters. The zero-order valence-corrected chi connectivity index (χ0v) is 15.0. The maximum atomic E-state index is 5.97. The Morgan fingerprint density at radius 1 is 1.00 bits per heavy atom. The third kappa shape index (κ3) is 4.64. The van der Waals surface area contributed by atoms with E-state index in [-0.39, 0.29) is 0 Å². The van der Waals surface area contributed by atoms with Gasteiger partial charge in [-0.25, -0.2) is 0 Å². The molecular formula is C22H28O2. The fourth-order valence-electron chi connectivity index (χ4n) is 2.83. The van der Waals surface area contributed by atoms with Crippen LogP contribution in [0.5, 0.6) is 11.5 Å². The smallest absolute Gasteiger partial charge is 0.161 e. The Morgan fingerprint density at radius 3 is 2.29 bits per heavy atom. The molecule has 0 aliphatic rings. The quantitative estimate of drug-likeness (QED) is 0.534. The molecule has 0 fully saturated rings. The minimum atomic E-state index is 0.479. The maximum absolute atomic E-state index is 5.97. The minimum absolute atomic E-state index is 0.479. The van der Waals surface area contributed by atoms with Crippen LogP contribution in [0.25, 0.3) is 0 Å². The topological polar surface area (TPSA) is 18.5 Å². The molecule has 0 heterocycles. The van der Waals surface area contributed by atoms with Crippen molar-refractivity contribution >= 4 is 0 Å². The summed E-state index contributed by atoms with van der Waals surface area (Å²) in [7, 11) is 1.69. The Balaban J connectivity index is 2.10. The third-order valence-electron chi connectivity index (χ3n) is 4.43. The number of allylic oxidation sites excluding steroid dienone is 1. The average Bonchev–Trinajstić information content (AvgIpc) is 2.64. The summed E-state index contributed by atoms with van der Waals surface area (Å²) < 4.78 is 11.5. The first kappa shape index (κ1) is 18.1. The fraction of sp³-hybridized carbons (Fsp3) is 0.364. The average molecular weight is 324 g/mol. The van der Waals surface area contributed by atoms with Crippen molar-refractivity contribution in [2.24, 2.45) is 0 Å². The Hall–Kier alpha value is -2.22. The largest absolute Gasteiger partial charge is 0.493 e. The monoisotopic (exact) mass is 324 g/mol. The normalized spacial score (nSPS) is 11.8. The van der Waals surface area contributed by atoms with Gasteiger partial charge in [-0.05, 0) is 54.0 Å². The van der Waals surface area contributed by atoms with Crippen molar-refractivity contribution < 1.29 is 9.47 Å². The van der Waals surface area contributed by atoms with Gasteiger partial charge in [0, 0.05) is 0 Å². The molecule has 24 heavy (non-hydrogen) atoms. The van der Waals surface area contributed by atoms with Gasteiger partial charge in [0.05, 0.1) is 7.11 Å². The van der Waals surface area contributed by atoms with Gasteiger partial charge in [0.25, 0.3) is 0 Å². The highest BCUT2D eigenvalue weighted by atomic mass is 16.5. The van der Waals surface area contributed by atoms with Crippen LogP contribution in [-0.4, -0.2) is 7.11 Å². The van der Waals surface area contributed by atoms with Crippen molar-refractivity contribution in [2.75, 3.05) is 7.11 Å².